The van der Waals surface area contributed by atoms with E-state index in [2.05, 4.69) is 9.97 Å². The minimum absolute atomic E-state index is 0.183. The average molecular weight is 189 g/mol. The molecule has 1 heterocycles. The van der Waals surface area contributed by atoms with Crippen LogP contribution in [-0.2, 0) is 0 Å². The van der Waals surface area contributed by atoms with Gasteiger partial charge in [-0.3, -0.25) is 9.59 Å². The molecule has 64 valence electrons. The molecule has 0 radical (unpaired) electrons. The third-order valence-electron chi connectivity index (χ3n) is 1.13. The molecule has 0 saturated carbocycles. The fourth-order valence-electron chi connectivity index (χ4n) is 0.630. The van der Waals surface area contributed by atoms with E-state index in [4.69, 9.17) is 23.1 Å². The zero-order chi connectivity index (χ0) is 9.30. The SMILES string of the molecule is NC(=O)c1nc(Cl)c(=O)[nH]c1N. The average Bonchev–Trinajstić information content (AvgIpc) is 1.96. The molecule has 12 heavy (non-hydrogen) atoms. The molecule has 0 aromatic carbocycles. The highest BCUT2D eigenvalue weighted by molar-refractivity contribution is 6.29. The van der Waals surface area contributed by atoms with Gasteiger partial charge in [-0.15, -0.1) is 0 Å². The minimum Gasteiger partial charge on any atom is -0.383 e. The molecule has 6 nitrogen and oxygen atoms in total. The van der Waals surface area contributed by atoms with Crippen LogP contribution in [0.1, 0.15) is 10.5 Å². The van der Waals surface area contributed by atoms with Crippen molar-refractivity contribution in [3.05, 3.63) is 21.2 Å². The first-order valence-corrected chi connectivity index (χ1v) is 3.25. The highest BCUT2D eigenvalue weighted by atomic mass is 35.5. The Kier molecular flexibility index (Phi) is 2.01. The number of nitrogen functional groups attached to an aromatic ring is 1. The molecule has 0 aliphatic carbocycles. The Bertz CT molecular complexity index is 386. The Labute approximate surface area is 71.5 Å². The fraction of sp³-hybridized carbons (Fsp3) is 0. The number of nitrogens with zero attached hydrogens (tertiary/aromatic N) is 1. The van der Waals surface area contributed by atoms with Crippen LogP contribution in [0.25, 0.3) is 0 Å². The van der Waals surface area contributed by atoms with Gasteiger partial charge in [0.1, 0.15) is 5.82 Å². The summed E-state index contributed by atoms with van der Waals surface area (Å²) in [6.45, 7) is 0. The summed E-state index contributed by atoms with van der Waals surface area (Å²) in [5.41, 5.74) is 9.20. The van der Waals surface area contributed by atoms with E-state index in [1.807, 2.05) is 0 Å². The number of H-pyrrole nitrogens is 1. The summed E-state index contributed by atoms with van der Waals surface area (Å²) >= 11 is 5.31. The van der Waals surface area contributed by atoms with Gasteiger partial charge < -0.3 is 16.5 Å². The Morgan fingerprint density at radius 2 is 2.17 bits per heavy atom. The van der Waals surface area contributed by atoms with Crippen molar-refractivity contribution in [3.8, 4) is 0 Å². The number of nitrogens with one attached hydrogen (secondary N) is 1. The van der Waals surface area contributed by atoms with Gasteiger partial charge in [0, 0.05) is 0 Å². The fourth-order valence-corrected chi connectivity index (χ4v) is 0.762. The van der Waals surface area contributed by atoms with Gasteiger partial charge in [0.15, 0.2) is 10.8 Å². The lowest BCUT2D eigenvalue weighted by Gasteiger charge is -1.98. The minimum atomic E-state index is -0.842. The molecule has 5 N–H and O–H groups in total. The molecule has 7 heteroatoms. The molecule has 1 rings (SSSR count). The van der Waals surface area contributed by atoms with Gasteiger partial charge >= 0.3 is 0 Å². The van der Waals surface area contributed by atoms with Gasteiger partial charge in [-0.25, -0.2) is 4.98 Å². The van der Waals surface area contributed by atoms with E-state index in [0.717, 1.165) is 0 Å². The second-order valence-electron chi connectivity index (χ2n) is 1.98. The number of carbonyl (C=O) groups excluding carboxylic acids is 1. The third kappa shape index (κ3) is 1.37. The first-order valence-electron chi connectivity index (χ1n) is 2.87. The van der Waals surface area contributed by atoms with Crippen molar-refractivity contribution >= 4 is 23.3 Å². The first-order chi connectivity index (χ1) is 5.52. The lowest BCUT2D eigenvalue weighted by molar-refractivity contribution is 0.0996. The number of amides is 1. The molecule has 0 aliphatic rings. The summed E-state index contributed by atoms with van der Waals surface area (Å²) in [6, 6.07) is 0. The van der Waals surface area contributed by atoms with Crippen LogP contribution in [0.3, 0.4) is 0 Å². The molecule has 1 amide bonds. The number of aromatic nitrogens is 2. The van der Waals surface area contributed by atoms with Crippen LogP contribution in [-0.4, -0.2) is 15.9 Å². The lowest BCUT2D eigenvalue weighted by atomic mass is 10.4. The van der Waals surface area contributed by atoms with E-state index in [9.17, 15) is 9.59 Å². The summed E-state index contributed by atoms with van der Waals surface area (Å²) < 4.78 is 0. The van der Waals surface area contributed by atoms with Crippen molar-refractivity contribution in [3.63, 3.8) is 0 Å². The summed E-state index contributed by atoms with van der Waals surface area (Å²) in [5.74, 6) is -1.03. The standard InChI is InChI=1S/C5H5ClN4O2/c6-2-5(12)10-3(7)1(9-2)4(8)11/h(H2,8,11)(H3,7,10,12). The van der Waals surface area contributed by atoms with Crippen molar-refractivity contribution in [1.82, 2.24) is 9.97 Å². The van der Waals surface area contributed by atoms with Crippen LogP contribution in [0, 0.1) is 0 Å². The molecule has 0 fully saturated rings. The van der Waals surface area contributed by atoms with E-state index in [1.54, 1.807) is 0 Å². The van der Waals surface area contributed by atoms with E-state index in [-0.39, 0.29) is 16.7 Å². The maximum atomic E-state index is 10.7. The van der Waals surface area contributed by atoms with Gasteiger partial charge in [0.05, 0.1) is 0 Å². The topological polar surface area (TPSA) is 115 Å². The van der Waals surface area contributed by atoms with E-state index >= 15 is 0 Å². The number of rotatable bonds is 1. The molecule has 0 bridgehead atoms. The van der Waals surface area contributed by atoms with Crippen LogP contribution < -0.4 is 17.0 Å². The van der Waals surface area contributed by atoms with E-state index in [0.29, 0.717) is 0 Å². The highest BCUT2D eigenvalue weighted by Crippen LogP contribution is 2.04. The van der Waals surface area contributed by atoms with Gasteiger partial charge in [0.25, 0.3) is 11.5 Å². The lowest BCUT2D eigenvalue weighted by Crippen LogP contribution is -2.21. The predicted molar refractivity (Wildman–Crippen MR) is 42.8 cm³/mol. The van der Waals surface area contributed by atoms with Crippen molar-refractivity contribution in [2.24, 2.45) is 5.73 Å². The summed E-state index contributed by atoms with van der Waals surface area (Å²) in [7, 11) is 0. The quantitative estimate of drug-likeness (QED) is 0.530. The van der Waals surface area contributed by atoms with Crippen LogP contribution in [0.5, 0.6) is 0 Å². The normalized spacial score (nSPS) is 9.75. The van der Waals surface area contributed by atoms with Crippen molar-refractivity contribution in [1.29, 1.82) is 0 Å². The number of aromatic amines is 1. The Morgan fingerprint density at radius 1 is 1.58 bits per heavy atom. The smallest absolute Gasteiger partial charge is 0.287 e. The van der Waals surface area contributed by atoms with Crippen LogP contribution >= 0.6 is 11.6 Å². The zero-order valence-electron chi connectivity index (χ0n) is 5.80. The molecule has 0 atom stereocenters. The van der Waals surface area contributed by atoms with Gasteiger partial charge in [0.2, 0.25) is 0 Å². The second-order valence-corrected chi connectivity index (χ2v) is 2.34. The Hall–Kier alpha value is -1.56. The molecular weight excluding hydrogens is 184 g/mol. The van der Waals surface area contributed by atoms with Crippen LogP contribution in [0.2, 0.25) is 5.15 Å². The zero-order valence-corrected chi connectivity index (χ0v) is 6.55. The summed E-state index contributed by atoms with van der Waals surface area (Å²) in [4.78, 5) is 26.8. The highest BCUT2D eigenvalue weighted by Gasteiger charge is 2.10. The number of anilines is 1. The van der Waals surface area contributed by atoms with Crippen molar-refractivity contribution in [2.75, 3.05) is 5.73 Å². The Balaban J connectivity index is 3.43. The molecular formula is C5H5ClN4O2. The molecule has 0 aliphatic heterocycles. The van der Waals surface area contributed by atoms with Crippen molar-refractivity contribution in [2.45, 2.75) is 0 Å². The monoisotopic (exact) mass is 188 g/mol. The number of halogens is 1. The number of nitrogens with two attached hydrogens (primary N) is 2. The molecule has 1 aromatic rings. The van der Waals surface area contributed by atoms with Gasteiger partial charge in [-0.1, -0.05) is 11.6 Å². The molecule has 0 saturated heterocycles. The van der Waals surface area contributed by atoms with Crippen molar-refractivity contribution < 1.29 is 4.79 Å². The number of primary amides is 1. The van der Waals surface area contributed by atoms with Gasteiger partial charge in [-0.2, -0.15) is 0 Å². The maximum Gasteiger partial charge on any atom is 0.287 e. The van der Waals surface area contributed by atoms with E-state index < -0.39 is 11.5 Å². The van der Waals surface area contributed by atoms with Crippen LogP contribution in [0.15, 0.2) is 4.79 Å². The van der Waals surface area contributed by atoms with Crippen LogP contribution in [0.4, 0.5) is 5.82 Å². The van der Waals surface area contributed by atoms with E-state index in [1.165, 1.54) is 0 Å². The molecule has 1 aromatic heterocycles. The largest absolute Gasteiger partial charge is 0.383 e. The number of hydrogen-bond acceptors (Lipinski definition) is 4. The third-order valence-corrected chi connectivity index (χ3v) is 1.39. The maximum absolute atomic E-state index is 10.7. The molecule has 0 spiro atoms. The predicted octanol–water partition coefficient (Wildman–Crippen LogP) is -0.896. The summed E-state index contributed by atoms with van der Waals surface area (Å²) in [6.07, 6.45) is 0. The second kappa shape index (κ2) is 2.82. The molecule has 0 unspecified atom stereocenters. The number of carbonyl (C=O) groups is 1. The summed E-state index contributed by atoms with van der Waals surface area (Å²) in [5, 5.41) is -0.363. The van der Waals surface area contributed by atoms with Gasteiger partial charge in [-0.05, 0) is 0 Å². The Morgan fingerprint density at radius 3 is 2.67 bits per heavy atom. The first kappa shape index (κ1) is 8.54. The number of hydrogen-bond donors (Lipinski definition) is 3.